The maximum absolute atomic E-state index is 13.1. The molecule has 1 amide bonds. The SMILES string of the molecule is CC(C(N)=O)c1cccc(CNC[C@H](O)[CH]Cc2cc(F)cc(F)c2)c1. The summed E-state index contributed by atoms with van der Waals surface area (Å²) in [5, 5.41) is 13.1. The van der Waals surface area contributed by atoms with E-state index in [1.54, 1.807) is 13.3 Å². The van der Waals surface area contributed by atoms with Gasteiger partial charge in [0.1, 0.15) is 11.6 Å². The predicted molar refractivity (Wildman–Crippen MR) is 96.1 cm³/mol. The first-order valence-electron chi connectivity index (χ1n) is 8.40. The molecule has 2 rings (SSSR count). The molecule has 0 bridgehead atoms. The van der Waals surface area contributed by atoms with Crippen LogP contribution in [0.2, 0.25) is 0 Å². The molecule has 0 aromatic heterocycles. The van der Waals surface area contributed by atoms with Crippen molar-refractivity contribution < 1.29 is 18.7 Å². The molecular weight excluding hydrogens is 338 g/mol. The van der Waals surface area contributed by atoms with Crippen LogP contribution in [0.25, 0.3) is 0 Å². The first kappa shape index (κ1) is 20.0. The number of carbonyl (C=O) groups is 1. The number of rotatable bonds is 9. The molecule has 0 aliphatic rings. The van der Waals surface area contributed by atoms with E-state index in [0.717, 1.165) is 17.2 Å². The van der Waals surface area contributed by atoms with Gasteiger partial charge in [-0.15, -0.1) is 0 Å². The number of aliphatic hydroxyl groups is 1. The van der Waals surface area contributed by atoms with Crippen molar-refractivity contribution in [1.82, 2.24) is 5.32 Å². The van der Waals surface area contributed by atoms with Gasteiger partial charge < -0.3 is 16.2 Å². The third kappa shape index (κ3) is 6.20. The lowest BCUT2D eigenvalue weighted by Gasteiger charge is -2.13. The topological polar surface area (TPSA) is 75.4 Å². The Balaban J connectivity index is 1.78. The molecule has 0 saturated carbocycles. The van der Waals surface area contributed by atoms with E-state index < -0.39 is 17.7 Å². The largest absolute Gasteiger partial charge is 0.391 e. The number of aliphatic hydroxyl groups excluding tert-OH is 1. The van der Waals surface area contributed by atoms with E-state index in [0.29, 0.717) is 18.7 Å². The number of benzene rings is 2. The Bertz CT molecular complexity index is 732. The van der Waals surface area contributed by atoms with Gasteiger partial charge in [0.25, 0.3) is 0 Å². The third-order valence-electron chi connectivity index (χ3n) is 4.11. The first-order valence-corrected chi connectivity index (χ1v) is 8.40. The van der Waals surface area contributed by atoms with Crippen molar-refractivity contribution in [2.45, 2.75) is 31.9 Å². The van der Waals surface area contributed by atoms with Crippen molar-refractivity contribution in [3.63, 3.8) is 0 Å². The molecule has 4 nitrogen and oxygen atoms in total. The van der Waals surface area contributed by atoms with Gasteiger partial charge in [0.2, 0.25) is 5.91 Å². The highest BCUT2D eigenvalue weighted by Crippen LogP contribution is 2.16. The lowest BCUT2D eigenvalue weighted by atomic mass is 9.98. The molecule has 6 heteroatoms. The van der Waals surface area contributed by atoms with Gasteiger partial charge in [0.05, 0.1) is 12.0 Å². The molecular formula is C20H23F2N2O2. The Kier molecular flexibility index (Phi) is 7.24. The van der Waals surface area contributed by atoms with E-state index in [1.807, 2.05) is 24.3 Å². The number of carbonyl (C=O) groups excluding carboxylic acids is 1. The summed E-state index contributed by atoms with van der Waals surface area (Å²) in [7, 11) is 0. The van der Waals surface area contributed by atoms with E-state index in [1.165, 1.54) is 12.1 Å². The van der Waals surface area contributed by atoms with Crippen LogP contribution in [-0.2, 0) is 17.8 Å². The third-order valence-corrected chi connectivity index (χ3v) is 4.11. The zero-order valence-corrected chi connectivity index (χ0v) is 14.6. The minimum atomic E-state index is -0.756. The lowest BCUT2D eigenvalue weighted by molar-refractivity contribution is -0.119. The molecule has 0 aliphatic heterocycles. The fourth-order valence-electron chi connectivity index (χ4n) is 2.59. The van der Waals surface area contributed by atoms with Gasteiger partial charge in [-0.25, -0.2) is 8.78 Å². The van der Waals surface area contributed by atoms with Crippen molar-refractivity contribution >= 4 is 5.91 Å². The lowest BCUT2D eigenvalue weighted by Crippen LogP contribution is -2.27. The zero-order valence-electron chi connectivity index (χ0n) is 14.6. The van der Waals surface area contributed by atoms with E-state index in [9.17, 15) is 18.7 Å². The van der Waals surface area contributed by atoms with Crippen LogP contribution in [0.15, 0.2) is 42.5 Å². The van der Waals surface area contributed by atoms with Crippen LogP contribution in [-0.4, -0.2) is 23.7 Å². The summed E-state index contributed by atoms with van der Waals surface area (Å²) in [6.45, 7) is 2.56. The molecule has 0 aliphatic carbocycles. The normalized spacial score (nSPS) is 13.4. The van der Waals surface area contributed by atoms with Crippen LogP contribution in [0.1, 0.15) is 29.5 Å². The average Bonchev–Trinajstić information content (AvgIpc) is 2.58. The summed E-state index contributed by atoms with van der Waals surface area (Å²) in [5.74, 6) is -2.01. The van der Waals surface area contributed by atoms with Crippen molar-refractivity contribution in [2.24, 2.45) is 5.73 Å². The number of hydrogen-bond acceptors (Lipinski definition) is 3. The maximum atomic E-state index is 13.1. The van der Waals surface area contributed by atoms with E-state index >= 15 is 0 Å². The van der Waals surface area contributed by atoms with Gasteiger partial charge in [-0.2, -0.15) is 0 Å². The fraction of sp³-hybridized carbons (Fsp3) is 0.300. The van der Waals surface area contributed by atoms with Crippen LogP contribution < -0.4 is 11.1 Å². The molecule has 4 N–H and O–H groups in total. The monoisotopic (exact) mass is 361 g/mol. The highest BCUT2D eigenvalue weighted by molar-refractivity contribution is 5.81. The molecule has 0 saturated heterocycles. The van der Waals surface area contributed by atoms with Gasteiger partial charge in [-0.05, 0) is 48.6 Å². The standard InChI is InChI=1S/C20H23F2N2O2/c1-13(20(23)26)16-4-2-3-15(7-16)11-24-12-19(25)6-5-14-8-17(21)10-18(22)9-14/h2-4,6-10,13,19,24-25H,5,11-12H2,1H3,(H2,23,26)/t13?,19-/m1/s1. The molecule has 1 unspecified atom stereocenters. The quantitative estimate of drug-likeness (QED) is 0.642. The highest BCUT2D eigenvalue weighted by atomic mass is 19.1. The highest BCUT2D eigenvalue weighted by Gasteiger charge is 2.12. The molecule has 1 radical (unpaired) electrons. The molecule has 0 fully saturated rings. The Morgan fingerprint density at radius 2 is 1.88 bits per heavy atom. The molecule has 2 atom stereocenters. The molecule has 26 heavy (non-hydrogen) atoms. The number of primary amides is 1. The van der Waals surface area contributed by atoms with Crippen LogP contribution in [0.3, 0.4) is 0 Å². The summed E-state index contributed by atoms with van der Waals surface area (Å²) in [6.07, 6.45) is 1.10. The predicted octanol–water partition coefficient (Wildman–Crippen LogP) is 2.45. The van der Waals surface area contributed by atoms with Gasteiger partial charge in [0, 0.05) is 19.2 Å². The second-order valence-corrected chi connectivity index (χ2v) is 6.28. The number of nitrogens with two attached hydrogens (primary N) is 1. The number of amides is 1. The Labute approximate surface area is 152 Å². The first-order chi connectivity index (χ1) is 12.3. The van der Waals surface area contributed by atoms with E-state index in [-0.39, 0.29) is 18.2 Å². The minimum Gasteiger partial charge on any atom is -0.391 e. The summed E-state index contributed by atoms with van der Waals surface area (Å²) in [4.78, 5) is 11.3. The van der Waals surface area contributed by atoms with Crippen molar-refractivity contribution in [3.8, 4) is 0 Å². The number of hydrogen-bond donors (Lipinski definition) is 3. The summed E-state index contributed by atoms with van der Waals surface area (Å²) in [5.41, 5.74) is 7.60. The average molecular weight is 361 g/mol. The molecule has 0 heterocycles. The second kappa shape index (κ2) is 9.40. The van der Waals surface area contributed by atoms with E-state index in [2.05, 4.69) is 5.32 Å². The number of halogens is 2. The van der Waals surface area contributed by atoms with E-state index in [4.69, 9.17) is 5.73 Å². The fourth-order valence-corrected chi connectivity index (χ4v) is 2.59. The van der Waals surface area contributed by atoms with Crippen LogP contribution in [0.5, 0.6) is 0 Å². The maximum Gasteiger partial charge on any atom is 0.224 e. The smallest absolute Gasteiger partial charge is 0.224 e. The summed E-state index contributed by atoms with van der Waals surface area (Å²) >= 11 is 0. The second-order valence-electron chi connectivity index (χ2n) is 6.28. The van der Waals surface area contributed by atoms with Gasteiger partial charge in [0.15, 0.2) is 0 Å². The Morgan fingerprint density at radius 3 is 2.54 bits per heavy atom. The minimum absolute atomic E-state index is 0.267. The van der Waals surface area contributed by atoms with Crippen LogP contribution in [0, 0.1) is 18.1 Å². The Hall–Kier alpha value is -2.31. The molecule has 0 spiro atoms. The summed E-state index contributed by atoms with van der Waals surface area (Å²) in [6, 6.07) is 10.8. The van der Waals surface area contributed by atoms with Crippen molar-refractivity contribution in [2.75, 3.05) is 6.54 Å². The molecule has 139 valence electrons. The van der Waals surface area contributed by atoms with Crippen molar-refractivity contribution in [3.05, 3.63) is 77.2 Å². The van der Waals surface area contributed by atoms with Gasteiger partial charge in [-0.1, -0.05) is 24.3 Å². The van der Waals surface area contributed by atoms with Crippen LogP contribution in [0.4, 0.5) is 8.78 Å². The Morgan fingerprint density at radius 1 is 1.19 bits per heavy atom. The molecule has 2 aromatic rings. The van der Waals surface area contributed by atoms with Gasteiger partial charge in [-0.3, -0.25) is 4.79 Å². The number of nitrogens with one attached hydrogen (secondary N) is 1. The van der Waals surface area contributed by atoms with Crippen molar-refractivity contribution in [1.29, 1.82) is 0 Å². The zero-order chi connectivity index (χ0) is 19.1. The summed E-state index contributed by atoms with van der Waals surface area (Å²) < 4.78 is 26.2. The molecule has 2 aromatic carbocycles. The van der Waals surface area contributed by atoms with Gasteiger partial charge >= 0.3 is 0 Å². The van der Waals surface area contributed by atoms with Crippen LogP contribution >= 0.6 is 0 Å².